The van der Waals surface area contributed by atoms with Gasteiger partial charge in [-0.05, 0) is 24.6 Å². The lowest BCUT2D eigenvalue weighted by molar-refractivity contribution is -0.310. The Kier molecular flexibility index (Phi) is 5.58. The van der Waals surface area contributed by atoms with Gasteiger partial charge in [0.15, 0.2) is 23.9 Å². The molecule has 2 aliphatic heterocycles. The number of aliphatic hydroxyl groups excluding tert-OH is 3. The van der Waals surface area contributed by atoms with Crippen LogP contribution >= 0.6 is 0 Å². The Morgan fingerprint density at radius 3 is 2.32 bits per heavy atom. The maximum atomic E-state index is 10.3. The fourth-order valence-electron chi connectivity index (χ4n) is 3.87. The minimum absolute atomic E-state index is 0.0767. The van der Waals surface area contributed by atoms with Gasteiger partial charge in [0, 0.05) is 24.1 Å². The number of aliphatic hydroxyl groups is 3. The van der Waals surface area contributed by atoms with E-state index in [0.29, 0.717) is 11.1 Å². The molecule has 7 atom stereocenters. The summed E-state index contributed by atoms with van der Waals surface area (Å²) < 4.78 is 17.4. The maximum absolute atomic E-state index is 10.3. The molecule has 7 N–H and O–H groups in total. The molecule has 10 nitrogen and oxygen atoms in total. The summed E-state index contributed by atoms with van der Waals surface area (Å²) in [5.74, 6) is -0.941. The third-order valence-corrected chi connectivity index (χ3v) is 5.61. The van der Waals surface area contributed by atoms with Crippen molar-refractivity contribution in [2.24, 2.45) is 0 Å². The summed E-state index contributed by atoms with van der Waals surface area (Å²) in [6, 6.07) is 6.54. The van der Waals surface area contributed by atoms with Gasteiger partial charge >= 0.3 is 0 Å². The van der Waals surface area contributed by atoms with E-state index in [0.717, 1.165) is 6.07 Å². The molecular formula is C21H24O10. The number of phenols is 4. The maximum Gasteiger partial charge on any atom is 0.187 e. The Balaban J connectivity index is 1.69. The Bertz CT molecular complexity index is 963. The number of hydrogen-bond acceptors (Lipinski definition) is 10. The lowest BCUT2D eigenvalue weighted by Gasteiger charge is -2.42. The van der Waals surface area contributed by atoms with Gasteiger partial charge in [0.05, 0.1) is 6.10 Å². The molecule has 7 unspecified atom stereocenters. The van der Waals surface area contributed by atoms with Crippen LogP contribution in [0.15, 0.2) is 30.3 Å². The van der Waals surface area contributed by atoms with E-state index in [4.69, 9.17) is 14.2 Å². The van der Waals surface area contributed by atoms with Crippen molar-refractivity contribution < 1.29 is 50.0 Å². The van der Waals surface area contributed by atoms with Gasteiger partial charge in [-0.1, -0.05) is 6.07 Å². The third-order valence-electron chi connectivity index (χ3n) is 5.61. The number of aromatic hydroxyl groups is 4. The summed E-state index contributed by atoms with van der Waals surface area (Å²) in [6.45, 7) is 1.52. The van der Waals surface area contributed by atoms with Crippen LogP contribution in [0.2, 0.25) is 0 Å². The molecule has 0 aliphatic carbocycles. The van der Waals surface area contributed by atoms with Gasteiger partial charge < -0.3 is 50.0 Å². The average molecular weight is 436 g/mol. The lowest BCUT2D eigenvalue weighted by Crippen LogP contribution is -2.58. The van der Waals surface area contributed by atoms with Crippen molar-refractivity contribution in [1.82, 2.24) is 0 Å². The van der Waals surface area contributed by atoms with E-state index in [1.807, 2.05) is 0 Å². The van der Waals surface area contributed by atoms with Gasteiger partial charge in [0.2, 0.25) is 0 Å². The zero-order valence-corrected chi connectivity index (χ0v) is 16.5. The second kappa shape index (κ2) is 8.06. The highest BCUT2D eigenvalue weighted by molar-refractivity contribution is 5.52. The minimum atomic E-state index is -1.55. The van der Waals surface area contributed by atoms with Gasteiger partial charge in [-0.3, -0.25) is 0 Å². The Morgan fingerprint density at radius 2 is 1.61 bits per heavy atom. The molecule has 10 heteroatoms. The van der Waals surface area contributed by atoms with Crippen molar-refractivity contribution >= 4 is 0 Å². The van der Waals surface area contributed by atoms with E-state index < -0.39 is 42.9 Å². The molecule has 2 aromatic carbocycles. The lowest BCUT2D eigenvalue weighted by atomic mass is 9.93. The van der Waals surface area contributed by atoms with Gasteiger partial charge in [0.25, 0.3) is 0 Å². The van der Waals surface area contributed by atoms with Crippen LogP contribution in [0, 0.1) is 0 Å². The summed E-state index contributed by atoms with van der Waals surface area (Å²) >= 11 is 0. The number of fused-ring (bicyclic) bond motifs is 1. The number of ether oxygens (including phenoxy) is 3. The molecule has 0 amide bonds. The monoisotopic (exact) mass is 436 g/mol. The Morgan fingerprint density at radius 1 is 0.871 bits per heavy atom. The SMILES string of the molecule is CC1OC(OC2Cc3c(O)cc(O)cc3OC2c2ccc(O)c(O)c2)C(O)C(O)C1O. The van der Waals surface area contributed by atoms with Gasteiger partial charge in [-0.25, -0.2) is 0 Å². The van der Waals surface area contributed by atoms with Gasteiger partial charge in [-0.2, -0.15) is 0 Å². The van der Waals surface area contributed by atoms with Crippen molar-refractivity contribution in [3.63, 3.8) is 0 Å². The zero-order chi connectivity index (χ0) is 22.4. The third kappa shape index (κ3) is 3.95. The quantitative estimate of drug-likeness (QED) is 0.334. The van der Waals surface area contributed by atoms with Crippen molar-refractivity contribution in [3.8, 4) is 28.7 Å². The fraction of sp³-hybridized carbons (Fsp3) is 0.429. The summed E-state index contributed by atoms with van der Waals surface area (Å²) in [5, 5.41) is 69.9. The molecule has 31 heavy (non-hydrogen) atoms. The van der Waals surface area contributed by atoms with Crippen molar-refractivity contribution in [1.29, 1.82) is 0 Å². The van der Waals surface area contributed by atoms with Crippen LogP contribution in [0.25, 0.3) is 0 Å². The van der Waals surface area contributed by atoms with Crippen molar-refractivity contribution in [3.05, 3.63) is 41.5 Å². The molecule has 0 aromatic heterocycles. The molecule has 2 aliphatic rings. The van der Waals surface area contributed by atoms with Crippen LogP contribution in [-0.4, -0.2) is 72.6 Å². The summed E-state index contributed by atoms with van der Waals surface area (Å²) in [4.78, 5) is 0. The van der Waals surface area contributed by atoms with Crippen LogP contribution < -0.4 is 4.74 Å². The topological polar surface area (TPSA) is 169 Å². The molecule has 0 radical (unpaired) electrons. The van der Waals surface area contributed by atoms with E-state index in [2.05, 4.69) is 0 Å². The highest BCUT2D eigenvalue weighted by Gasteiger charge is 2.45. The number of hydrogen-bond donors (Lipinski definition) is 7. The van der Waals surface area contributed by atoms with E-state index in [1.165, 1.54) is 31.2 Å². The first-order valence-corrected chi connectivity index (χ1v) is 9.74. The highest BCUT2D eigenvalue weighted by Crippen LogP contribution is 2.44. The molecule has 1 saturated heterocycles. The van der Waals surface area contributed by atoms with Crippen LogP contribution in [0.1, 0.15) is 24.2 Å². The second-order valence-corrected chi connectivity index (χ2v) is 7.79. The summed E-state index contributed by atoms with van der Waals surface area (Å²) in [7, 11) is 0. The molecule has 1 fully saturated rings. The standard InChI is InChI=1S/C21H24O10/c1-8-17(26)18(27)19(28)21(29-8)31-16-7-11-13(24)5-10(22)6-15(11)30-20(16)9-2-3-12(23)14(25)4-9/h2-6,8,16-28H,7H2,1H3. The molecule has 0 bridgehead atoms. The minimum Gasteiger partial charge on any atom is -0.508 e. The smallest absolute Gasteiger partial charge is 0.187 e. The molecule has 0 saturated carbocycles. The fourth-order valence-corrected chi connectivity index (χ4v) is 3.87. The van der Waals surface area contributed by atoms with E-state index in [-0.39, 0.29) is 35.2 Å². The second-order valence-electron chi connectivity index (χ2n) is 7.79. The largest absolute Gasteiger partial charge is 0.508 e. The first-order chi connectivity index (χ1) is 14.7. The molecule has 168 valence electrons. The summed E-state index contributed by atoms with van der Waals surface area (Å²) in [5.41, 5.74) is 0.758. The Hall–Kier alpha value is -2.76. The number of rotatable bonds is 3. The van der Waals surface area contributed by atoms with Crippen LogP contribution in [0.4, 0.5) is 0 Å². The van der Waals surface area contributed by atoms with Gasteiger partial charge in [0.1, 0.15) is 41.7 Å². The first-order valence-electron chi connectivity index (χ1n) is 9.74. The van der Waals surface area contributed by atoms with E-state index in [9.17, 15) is 35.7 Å². The molecule has 0 spiro atoms. The van der Waals surface area contributed by atoms with Crippen LogP contribution in [0.5, 0.6) is 28.7 Å². The van der Waals surface area contributed by atoms with Crippen LogP contribution in [0.3, 0.4) is 0 Å². The molecular weight excluding hydrogens is 412 g/mol. The average Bonchev–Trinajstić information content (AvgIpc) is 2.72. The van der Waals surface area contributed by atoms with E-state index >= 15 is 0 Å². The Labute approximate surface area is 177 Å². The van der Waals surface area contributed by atoms with Gasteiger partial charge in [-0.15, -0.1) is 0 Å². The normalized spacial score (nSPS) is 32.8. The predicted octanol–water partition coefficient (Wildman–Crippen LogP) is 0.398. The molecule has 2 heterocycles. The van der Waals surface area contributed by atoms with Crippen molar-refractivity contribution in [2.75, 3.05) is 0 Å². The van der Waals surface area contributed by atoms with Crippen molar-refractivity contribution in [2.45, 2.75) is 56.3 Å². The summed E-state index contributed by atoms with van der Waals surface area (Å²) in [6.07, 6.45) is -8.15. The molecule has 2 aromatic rings. The zero-order valence-electron chi connectivity index (χ0n) is 16.5. The first kappa shape index (κ1) is 21.5. The number of phenolic OH excluding ortho intramolecular Hbond substituents is 4. The van der Waals surface area contributed by atoms with Crippen LogP contribution in [-0.2, 0) is 15.9 Å². The predicted molar refractivity (Wildman–Crippen MR) is 104 cm³/mol. The number of benzene rings is 2. The van der Waals surface area contributed by atoms with E-state index in [1.54, 1.807) is 0 Å². The molecule has 4 rings (SSSR count). The highest BCUT2D eigenvalue weighted by atomic mass is 16.7.